The third-order valence-corrected chi connectivity index (χ3v) is 5.52. The molecule has 2 aromatic rings. The molecule has 1 aromatic carbocycles. The van der Waals surface area contributed by atoms with Gasteiger partial charge in [-0.15, -0.1) is 24.0 Å². The van der Waals surface area contributed by atoms with Crippen LogP contribution in [0.15, 0.2) is 17.1 Å². The number of ether oxygens (including phenoxy) is 3. The number of halogens is 1. The molecule has 1 aliphatic heterocycles. The van der Waals surface area contributed by atoms with Gasteiger partial charge >= 0.3 is 0 Å². The van der Waals surface area contributed by atoms with E-state index in [1.165, 1.54) is 11.1 Å². The maximum absolute atomic E-state index is 5.93. The molecule has 3 rings (SSSR count). The highest BCUT2D eigenvalue weighted by Gasteiger charge is 2.22. The molecule has 0 spiro atoms. The van der Waals surface area contributed by atoms with E-state index in [9.17, 15) is 0 Å². The molecule has 0 saturated heterocycles. The minimum absolute atomic E-state index is 0. The van der Waals surface area contributed by atoms with E-state index in [1.807, 2.05) is 18.5 Å². The molecule has 0 aliphatic carbocycles. The number of aryl methyl sites for hydroxylation is 1. The van der Waals surface area contributed by atoms with Crippen LogP contribution < -0.4 is 20.1 Å². The molecular formula is C23H36IN5O3. The quantitative estimate of drug-likeness (QED) is 0.280. The number of methoxy groups -OCH3 is 1. The zero-order valence-corrected chi connectivity index (χ0v) is 22.3. The first kappa shape index (κ1) is 26.2. The Morgan fingerprint density at radius 3 is 2.72 bits per heavy atom. The second-order valence-corrected chi connectivity index (χ2v) is 7.78. The van der Waals surface area contributed by atoms with Crippen molar-refractivity contribution in [3.63, 3.8) is 0 Å². The molecule has 1 aliphatic rings. The predicted molar refractivity (Wildman–Crippen MR) is 137 cm³/mol. The molecular weight excluding hydrogens is 521 g/mol. The molecule has 32 heavy (non-hydrogen) atoms. The number of benzene rings is 1. The van der Waals surface area contributed by atoms with Crippen molar-refractivity contribution in [2.75, 3.05) is 27.4 Å². The first-order valence-corrected chi connectivity index (χ1v) is 10.9. The summed E-state index contributed by atoms with van der Waals surface area (Å²) in [7, 11) is 3.47. The lowest BCUT2D eigenvalue weighted by Gasteiger charge is -2.16. The molecule has 0 bridgehead atoms. The van der Waals surface area contributed by atoms with Crippen LogP contribution in [0.5, 0.6) is 11.5 Å². The van der Waals surface area contributed by atoms with Gasteiger partial charge in [-0.25, -0.2) is 0 Å². The molecule has 0 saturated carbocycles. The number of rotatable bonds is 9. The van der Waals surface area contributed by atoms with Crippen molar-refractivity contribution in [3.05, 3.63) is 40.2 Å². The van der Waals surface area contributed by atoms with E-state index >= 15 is 0 Å². The Labute approximate surface area is 208 Å². The van der Waals surface area contributed by atoms with Crippen LogP contribution in [0.25, 0.3) is 0 Å². The van der Waals surface area contributed by atoms with Gasteiger partial charge in [-0.1, -0.05) is 0 Å². The van der Waals surface area contributed by atoms with Crippen molar-refractivity contribution < 1.29 is 14.2 Å². The van der Waals surface area contributed by atoms with Gasteiger partial charge in [-0.2, -0.15) is 5.10 Å². The third-order valence-electron chi connectivity index (χ3n) is 5.52. The SMILES string of the molecule is CCOc1cc2c(cc1CNC(=NC)NCc1c(C)nn(CCOC)c1C)OC(C)C2.I. The fourth-order valence-electron chi connectivity index (χ4n) is 3.87. The summed E-state index contributed by atoms with van der Waals surface area (Å²) in [5, 5.41) is 11.4. The number of aliphatic imine (C=N–C) groups is 1. The van der Waals surface area contributed by atoms with Crippen LogP contribution in [0.1, 0.15) is 41.9 Å². The molecule has 0 radical (unpaired) electrons. The number of nitrogens with one attached hydrogen (secondary N) is 2. The van der Waals surface area contributed by atoms with Crippen LogP contribution in [0.3, 0.4) is 0 Å². The summed E-state index contributed by atoms with van der Waals surface area (Å²) < 4.78 is 19.0. The van der Waals surface area contributed by atoms with Gasteiger partial charge in [0.25, 0.3) is 0 Å². The van der Waals surface area contributed by atoms with Crippen molar-refractivity contribution in [2.45, 2.75) is 59.9 Å². The number of nitrogens with zero attached hydrogens (tertiary/aromatic N) is 3. The first-order chi connectivity index (χ1) is 15.0. The van der Waals surface area contributed by atoms with Gasteiger partial charge in [0.05, 0.1) is 25.5 Å². The largest absolute Gasteiger partial charge is 0.494 e. The fraction of sp³-hybridized carbons (Fsp3) is 0.565. The lowest BCUT2D eigenvalue weighted by atomic mass is 10.1. The van der Waals surface area contributed by atoms with Crippen LogP contribution in [0.2, 0.25) is 0 Å². The molecule has 1 unspecified atom stereocenters. The highest BCUT2D eigenvalue weighted by molar-refractivity contribution is 14.0. The molecule has 1 atom stereocenters. The topological polar surface area (TPSA) is 81.9 Å². The predicted octanol–water partition coefficient (Wildman–Crippen LogP) is 3.35. The normalized spacial score (nSPS) is 15.1. The summed E-state index contributed by atoms with van der Waals surface area (Å²) >= 11 is 0. The molecule has 8 nitrogen and oxygen atoms in total. The van der Waals surface area contributed by atoms with Crippen LogP contribution in [0, 0.1) is 13.8 Å². The summed E-state index contributed by atoms with van der Waals surface area (Å²) in [5.41, 5.74) is 5.59. The summed E-state index contributed by atoms with van der Waals surface area (Å²) in [6, 6.07) is 4.19. The lowest BCUT2D eigenvalue weighted by molar-refractivity contribution is 0.182. The molecule has 9 heteroatoms. The molecule has 0 fully saturated rings. The summed E-state index contributed by atoms with van der Waals surface area (Å²) in [4.78, 5) is 4.37. The maximum Gasteiger partial charge on any atom is 0.191 e. The third kappa shape index (κ3) is 6.28. The number of aromatic nitrogens is 2. The minimum atomic E-state index is 0. The summed E-state index contributed by atoms with van der Waals surface area (Å²) in [6.45, 7) is 11.5. The van der Waals surface area contributed by atoms with E-state index in [0.717, 1.165) is 47.4 Å². The van der Waals surface area contributed by atoms with Crippen LogP contribution >= 0.6 is 24.0 Å². The number of hydrogen-bond acceptors (Lipinski definition) is 5. The van der Waals surface area contributed by atoms with Crippen molar-refractivity contribution in [2.24, 2.45) is 4.99 Å². The molecule has 2 N–H and O–H groups in total. The van der Waals surface area contributed by atoms with Crippen LogP contribution in [0.4, 0.5) is 0 Å². The Bertz CT molecular complexity index is 929. The molecule has 2 heterocycles. The first-order valence-electron chi connectivity index (χ1n) is 10.9. The zero-order valence-electron chi connectivity index (χ0n) is 19.9. The Hall–Kier alpha value is -2.01. The van der Waals surface area contributed by atoms with Crippen molar-refractivity contribution in [1.82, 2.24) is 20.4 Å². The van der Waals surface area contributed by atoms with Crippen molar-refractivity contribution in [1.29, 1.82) is 0 Å². The van der Waals surface area contributed by atoms with E-state index in [1.54, 1.807) is 14.2 Å². The molecule has 178 valence electrons. The Morgan fingerprint density at radius 1 is 1.28 bits per heavy atom. The lowest BCUT2D eigenvalue weighted by Crippen LogP contribution is -2.36. The van der Waals surface area contributed by atoms with Crippen molar-refractivity contribution in [3.8, 4) is 11.5 Å². The minimum Gasteiger partial charge on any atom is -0.494 e. The van der Waals surface area contributed by atoms with E-state index < -0.39 is 0 Å². The van der Waals surface area contributed by atoms with Gasteiger partial charge in [0, 0.05) is 56.1 Å². The second-order valence-electron chi connectivity index (χ2n) is 7.78. The average molecular weight is 557 g/mol. The molecule has 1 aromatic heterocycles. The van der Waals surface area contributed by atoms with Crippen LogP contribution in [-0.2, 0) is 30.8 Å². The standard InChI is InChI=1S/C23H35N5O3.HI/c1-7-30-21-11-18-10-15(2)31-22(18)12-19(21)13-25-23(24-5)26-14-20-16(3)27-28(17(20)4)8-9-29-6;/h11-12,15H,7-10,13-14H2,1-6H3,(H2,24,25,26);1H. The van der Waals surface area contributed by atoms with Crippen molar-refractivity contribution >= 4 is 29.9 Å². The summed E-state index contributed by atoms with van der Waals surface area (Å²) in [5.74, 6) is 2.57. The van der Waals surface area contributed by atoms with Gasteiger partial charge in [0.1, 0.15) is 17.6 Å². The van der Waals surface area contributed by atoms with Gasteiger partial charge < -0.3 is 24.8 Å². The maximum atomic E-state index is 5.93. The van der Waals surface area contributed by atoms with Gasteiger partial charge in [-0.05, 0) is 39.8 Å². The van der Waals surface area contributed by atoms with E-state index in [-0.39, 0.29) is 30.1 Å². The monoisotopic (exact) mass is 557 g/mol. The smallest absolute Gasteiger partial charge is 0.191 e. The van der Waals surface area contributed by atoms with Gasteiger partial charge in [0.15, 0.2) is 5.96 Å². The van der Waals surface area contributed by atoms with E-state index in [2.05, 4.69) is 46.7 Å². The second kappa shape index (κ2) is 12.3. The highest BCUT2D eigenvalue weighted by atomic mass is 127. The van der Waals surface area contributed by atoms with Gasteiger partial charge in [0.2, 0.25) is 0 Å². The Balaban J connectivity index is 0.00000363. The average Bonchev–Trinajstić information content (AvgIpc) is 3.24. The summed E-state index contributed by atoms with van der Waals surface area (Å²) in [6.07, 6.45) is 1.13. The Kier molecular flexibility index (Phi) is 10.1. The highest BCUT2D eigenvalue weighted by Crippen LogP contribution is 2.35. The molecule has 0 amide bonds. The number of hydrogen-bond donors (Lipinski definition) is 2. The number of fused-ring (bicyclic) bond motifs is 1. The zero-order chi connectivity index (χ0) is 22.4. The van der Waals surface area contributed by atoms with E-state index in [4.69, 9.17) is 14.2 Å². The Morgan fingerprint density at radius 2 is 2.03 bits per heavy atom. The van der Waals surface area contributed by atoms with Gasteiger partial charge in [-0.3, -0.25) is 9.67 Å². The number of guanidine groups is 1. The van der Waals surface area contributed by atoms with E-state index in [0.29, 0.717) is 26.3 Å². The van der Waals surface area contributed by atoms with Crippen LogP contribution in [-0.4, -0.2) is 49.2 Å². The fourth-order valence-corrected chi connectivity index (χ4v) is 3.87.